The first-order valence-corrected chi connectivity index (χ1v) is 14.0. The molecule has 1 heterocycles. The van der Waals surface area contributed by atoms with Gasteiger partial charge in [-0.25, -0.2) is 0 Å². The Kier molecular flexibility index (Phi) is 9.37. The molecular formula is C31H43N5O. The van der Waals surface area contributed by atoms with E-state index in [2.05, 4.69) is 83.7 Å². The highest BCUT2D eigenvalue weighted by Crippen LogP contribution is 2.33. The van der Waals surface area contributed by atoms with Crippen molar-refractivity contribution in [2.45, 2.75) is 70.0 Å². The molecule has 1 aliphatic heterocycles. The summed E-state index contributed by atoms with van der Waals surface area (Å²) in [5.41, 5.74) is 10.3. The molecule has 1 amide bonds. The van der Waals surface area contributed by atoms with Gasteiger partial charge in [0.25, 0.3) is 0 Å². The molecule has 37 heavy (non-hydrogen) atoms. The first-order valence-electron chi connectivity index (χ1n) is 14.0. The minimum atomic E-state index is -0.848. The maximum Gasteiger partial charge on any atom is 0.241 e. The molecule has 4 rings (SSSR count). The second-order valence-corrected chi connectivity index (χ2v) is 11.2. The van der Waals surface area contributed by atoms with Crippen molar-refractivity contribution >= 4 is 5.91 Å². The predicted molar refractivity (Wildman–Crippen MR) is 150 cm³/mol. The number of nitrogens with zero attached hydrogens (tertiary/aromatic N) is 3. The van der Waals surface area contributed by atoms with Gasteiger partial charge in [0.05, 0.1) is 11.6 Å². The van der Waals surface area contributed by atoms with Gasteiger partial charge in [0, 0.05) is 39.1 Å². The fourth-order valence-corrected chi connectivity index (χ4v) is 5.68. The topological polar surface area (TPSA) is 85.4 Å². The number of rotatable bonds is 9. The van der Waals surface area contributed by atoms with Crippen LogP contribution in [0.1, 0.15) is 56.6 Å². The van der Waals surface area contributed by atoms with E-state index in [0.717, 1.165) is 56.7 Å². The molecule has 0 bridgehead atoms. The van der Waals surface area contributed by atoms with Gasteiger partial charge in [-0.05, 0) is 60.9 Å². The maximum atomic E-state index is 13.0. The second-order valence-electron chi connectivity index (χ2n) is 11.2. The van der Waals surface area contributed by atoms with E-state index < -0.39 is 11.6 Å². The molecule has 6 heteroatoms. The quantitative estimate of drug-likeness (QED) is 0.534. The molecular weight excluding hydrogens is 458 g/mol. The van der Waals surface area contributed by atoms with Crippen LogP contribution in [0.5, 0.6) is 0 Å². The molecule has 198 valence electrons. The van der Waals surface area contributed by atoms with Gasteiger partial charge in [-0.3, -0.25) is 9.69 Å². The van der Waals surface area contributed by atoms with Gasteiger partial charge in [-0.1, -0.05) is 68.3 Å². The Balaban J connectivity index is 1.29. The number of amides is 1. The standard InChI is InChI=1S/C31H43N5O/c1-3-4-24-13-15-31(33,16-14-24)30(37)34-29(22-32)21-25-5-9-27(10-6-25)28-11-7-26(8-12-28)23-36-19-17-35(2)18-20-36/h5-12,24,29H,3-4,13-21,23,33H2,1-2H3,(H,34,37)/t24?,29-,31?/m0/s1. The van der Waals surface area contributed by atoms with Crippen molar-refractivity contribution in [3.63, 3.8) is 0 Å². The SMILES string of the molecule is CCCC1CCC(N)(C(=O)N[C@H](C#N)Cc2ccc(-c3ccc(CN4CCN(C)CC4)cc3)cc2)CC1. The third-order valence-electron chi connectivity index (χ3n) is 8.29. The monoisotopic (exact) mass is 501 g/mol. The van der Waals surface area contributed by atoms with Crippen molar-refractivity contribution < 1.29 is 4.79 Å². The second kappa shape index (κ2) is 12.7. The highest BCUT2D eigenvalue weighted by molar-refractivity contribution is 5.86. The summed E-state index contributed by atoms with van der Waals surface area (Å²) in [7, 11) is 2.18. The summed E-state index contributed by atoms with van der Waals surface area (Å²) < 4.78 is 0. The number of nitrogens with one attached hydrogen (secondary N) is 1. The summed E-state index contributed by atoms with van der Waals surface area (Å²) in [5, 5.41) is 12.6. The van der Waals surface area contributed by atoms with E-state index >= 15 is 0 Å². The van der Waals surface area contributed by atoms with Crippen molar-refractivity contribution in [2.24, 2.45) is 11.7 Å². The first-order chi connectivity index (χ1) is 17.9. The average Bonchev–Trinajstić information content (AvgIpc) is 2.92. The number of nitriles is 1. The number of nitrogens with two attached hydrogens (primary N) is 1. The molecule has 1 saturated carbocycles. The van der Waals surface area contributed by atoms with E-state index in [-0.39, 0.29) is 5.91 Å². The normalized spacial score (nSPS) is 23.8. The lowest BCUT2D eigenvalue weighted by Gasteiger charge is -2.36. The summed E-state index contributed by atoms with van der Waals surface area (Å²) in [5.74, 6) is 0.496. The summed E-state index contributed by atoms with van der Waals surface area (Å²) in [4.78, 5) is 17.8. The van der Waals surface area contributed by atoms with E-state index in [1.807, 2.05) is 0 Å². The summed E-state index contributed by atoms with van der Waals surface area (Å²) in [6.45, 7) is 7.70. The van der Waals surface area contributed by atoms with Crippen molar-refractivity contribution in [3.8, 4) is 17.2 Å². The molecule has 3 N–H and O–H groups in total. The van der Waals surface area contributed by atoms with E-state index in [1.54, 1.807) is 0 Å². The van der Waals surface area contributed by atoms with Gasteiger partial charge >= 0.3 is 0 Å². The van der Waals surface area contributed by atoms with Gasteiger partial charge in [-0.2, -0.15) is 5.26 Å². The Morgan fingerprint density at radius 1 is 1.03 bits per heavy atom. The smallest absolute Gasteiger partial charge is 0.241 e. The highest BCUT2D eigenvalue weighted by Gasteiger charge is 2.38. The lowest BCUT2D eigenvalue weighted by Crippen LogP contribution is -2.57. The number of likely N-dealkylation sites (N-methyl/N-ethyl adjacent to an activating group) is 1. The first kappa shape index (κ1) is 27.3. The van der Waals surface area contributed by atoms with Crippen molar-refractivity contribution in [1.82, 2.24) is 15.1 Å². The van der Waals surface area contributed by atoms with Crippen LogP contribution in [-0.2, 0) is 17.8 Å². The molecule has 1 atom stereocenters. The largest absolute Gasteiger partial charge is 0.338 e. The lowest BCUT2D eigenvalue weighted by atomic mass is 9.75. The number of carbonyl (C=O) groups is 1. The van der Waals surface area contributed by atoms with Crippen LogP contribution in [0.2, 0.25) is 0 Å². The van der Waals surface area contributed by atoms with Crippen LogP contribution in [0.25, 0.3) is 11.1 Å². The maximum absolute atomic E-state index is 13.0. The molecule has 2 fully saturated rings. The number of benzene rings is 2. The van der Waals surface area contributed by atoms with E-state index in [4.69, 9.17) is 5.73 Å². The molecule has 2 aromatic carbocycles. The average molecular weight is 502 g/mol. The third-order valence-corrected chi connectivity index (χ3v) is 8.29. The van der Waals surface area contributed by atoms with Crippen LogP contribution >= 0.6 is 0 Å². The van der Waals surface area contributed by atoms with Crippen LogP contribution in [-0.4, -0.2) is 60.5 Å². The van der Waals surface area contributed by atoms with Crippen molar-refractivity contribution in [2.75, 3.05) is 33.2 Å². The Bertz CT molecular complexity index is 1040. The van der Waals surface area contributed by atoms with Crippen LogP contribution in [0, 0.1) is 17.2 Å². The fourth-order valence-electron chi connectivity index (χ4n) is 5.68. The van der Waals surface area contributed by atoms with E-state index in [9.17, 15) is 10.1 Å². The van der Waals surface area contributed by atoms with Gasteiger partial charge in [0.1, 0.15) is 6.04 Å². The molecule has 0 aromatic heterocycles. The van der Waals surface area contributed by atoms with Crippen molar-refractivity contribution in [3.05, 3.63) is 59.7 Å². The zero-order valence-corrected chi connectivity index (χ0v) is 22.6. The Morgan fingerprint density at radius 2 is 1.59 bits per heavy atom. The summed E-state index contributed by atoms with van der Waals surface area (Å²) >= 11 is 0. The number of hydrogen-bond donors (Lipinski definition) is 2. The van der Waals surface area contributed by atoms with Gasteiger partial charge < -0.3 is 16.0 Å². The predicted octanol–water partition coefficient (Wildman–Crippen LogP) is 4.34. The number of carbonyl (C=O) groups excluding carboxylic acids is 1. The molecule has 2 aromatic rings. The Hall–Kier alpha value is -2.72. The molecule has 0 radical (unpaired) electrons. The highest BCUT2D eigenvalue weighted by atomic mass is 16.2. The van der Waals surface area contributed by atoms with Crippen LogP contribution < -0.4 is 11.1 Å². The van der Waals surface area contributed by atoms with Crippen LogP contribution in [0.3, 0.4) is 0 Å². The number of piperazine rings is 1. The van der Waals surface area contributed by atoms with Gasteiger partial charge in [0.15, 0.2) is 0 Å². The molecule has 1 saturated heterocycles. The Morgan fingerprint density at radius 3 is 2.14 bits per heavy atom. The zero-order chi connectivity index (χ0) is 26.3. The minimum absolute atomic E-state index is 0.178. The molecule has 0 unspecified atom stereocenters. The lowest BCUT2D eigenvalue weighted by molar-refractivity contribution is -0.128. The third kappa shape index (κ3) is 7.41. The summed E-state index contributed by atoms with van der Waals surface area (Å²) in [6, 6.07) is 18.8. The number of hydrogen-bond acceptors (Lipinski definition) is 5. The molecule has 1 aliphatic carbocycles. The van der Waals surface area contributed by atoms with E-state index in [0.29, 0.717) is 25.2 Å². The van der Waals surface area contributed by atoms with Gasteiger partial charge in [0.2, 0.25) is 5.91 Å². The summed E-state index contributed by atoms with van der Waals surface area (Å²) in [6.07, 6.45) is 6.23. The zero-order valence-electron chi connectivity index (χ0n) is 22.6. The van der Waals surface area contributed by atoms with Crippen molar-refractivity contribution in [1.29, 1.82) is 5.26 Å². The minimum Gasteiger partial charge on any atom is -0.338 e. The molecule has 2 aliphatic rings. The van der Waals surface area contributed by atoms with E-state index in [1.165, 1.54) is 24.0 Å². The molecule has 0 spiro atoms. The van der Waals surface area contributed by atoms with Gasteiger partial charge in [-0.15, -0.1) is 0 Å². The van der Waals surface area contributed by atoms with Crippen LogP contribution in [0.15, 0.2) is 48.5 Å². The fraction of sp³-hybridized carbons (Fsp3) is 0.548. The Labute approximate surface area is 222 Å². The van der Waals surface area contributed by atoms with Crippen LogP contribution in [0.4, 0.5) is 0 Å². The molecule has 6 nitrogen and oxygen atoms in total.